The molecule has 0 spiro atoms. The van der Waals surface area contributed by atoms with E-state index in [4.69, 9.17) is 4.74 Å². The number of fused-ring (bicyclic) bond motifs is 4. The van der Waals surface area contributed by atoms with E-state index in [0.717, 1.165) is 54.7 Å². The Morgan fingerprint density at radius 3 is 1.69 bits per heavy atom. The third-order valence-electron chi connectivity index (χ3n) is 8.30. The first-order valence-corrected chi connectivity index (χ1v) is 16.2. The van der Waals surface area contributed by atoms with Crippen molar-refractivity contribution in [3.63, 3.8) is 0 Å². The Bertz CT molecular complexity index is 1910. The topological polar surface area (TPSA) is 26.3 Å². The Labute approximate surface area is 248 Å². The van der Waals surface area contributed by atoms with Gasteiger partial charge >= 0.3 is 0 Å². The van der Waals surface area contributed by atoms with Crippen molar-refractivity contribution in [1.29, 1.82) is 0 Å². The van der Waals surface area contributed by atoms with E-state index in [-0.39, 0.29) is 5.41 Å². The zero-order valence-electron chi connectivity index (χ0n) is 24.1. The van der Waals surface area contributed by atoms with Gasteiger partial charge in [0.15, 0.2) is 13.2 Å². The van der Waals surface area contributed by atoms with Gasteiger partial charge in [-0.1, -0.05) is 154 Å². The molecule has 2 nitrogen and oxygen atoms in total. The van der Waals surface area contributed by atoms with Crippen molar-refractivity contribution in [3.8, 4) is 16.9 Å². The van der Waals surface area contributed by atoms with Crippen LogP contribution in [0.4, 0.5) is 0 Å². The lowest BCUT2D eigenvalue weighted by Crippen LogP contribution is -2.34. The van der Waals surface area contributed by atoms with Crippen LogP contribution < -0.4 is 20.7 Å². The molecular weight excluding hydrogens is 531 g/mol. The van der Waals surface area contributed by atoms with E-state index in [9.17, 15) is 0 Å². The Kier molecular flexibility index (Phi) is 6.41. The minimum absolute atomic E-state index is 0.197. The van der Waals surface area contributed by atoms with Crippen molar-refractivity contribution in [1.82, 2.24) is 0 Å². The molecule has 1 aliphatic heterocycles. The van der Waals surface area contributed by atoms with Gasteiger partial charge in [0.1, 0.15) is 5.75 Å². The van der Waals surface area contributed by atoms with Crippen LogP contribution in [-0.4, -0.2) is 0 Å². The van der Waals surface area contributed by atoms with Gasteiger partial charge in [-0.25, -0.2) is 0 Å². The van der Waals surface area contributed by atoms with E-state index in [0.29, 0.717) is 0 Å². The van der Waals surface area contributed by atoms with Crippen LogP contribution in [-0.2, 0) is 9.98 Å². The smallest absolute Gasteiger partial charge is 0.172 e. The highest BCUT2D eigenvalue weighted by molar-refractivity contribution is 7.85. The van der Waals surface area contributed by atoms with E-state index in [1.165, 1.54) is 5.56 Å². The summed E-state index contributed by atoms with van der Waals surface area (Å²) in [6, 6.07) is 47.2. The number of para-hydroxylation sites is 1. The molecule has 42 heavy (non-hydrogen) atoms. The summed E-state index contributed by atoms with van der Waals surface area (Å²) in [6.45, 7) is 6.83. The number of ether oxygens (including phenoxy) is 1. The lowest BCUT2D eigenvalue weighted by atomic mass is 9.74. The van der Waals surface area contributed by atoms with Crippen LogP contribution in [0.5, 0.6) is 5.75 Å². The summed E-state index contributed by atoms with van der Waals surface area (Å²) in [5.74, 6) is 0.847. The van der Waals surface area contributed by atoms with Crippen molar-refractivity contribution >= 4 is 33.8 Å². The van der Waals surface area contributed by atoms with Gasteiger partial charge in [0.2, 0.25) is 0 Å². The molecule has 1 atom stereocenters. The maximum Gasteiger partial charge on any atom is 0.172 e. The molecule has 7 rings (SSSR count). The fraction of sp³-hybridized carbons (Fsp3) is 0.128. The highest BCUT2D eigenvalue weighted by Crippen LogP contribution is 2.55. The quantitative estimate of drug-likeness (QED) is 0.200. The van der Waals surface area contributed by atoms with Gasteiger partial charge in [-0.15, -0.1) is 0 Å². The molecule has 0 fully saturated rings. The van der Waals surface area contributed by atoms with E-state index < -0.39 is 13.2 Å². The SMILES string of the molecule is CC(C)(C)c1c2c(c(P(=O)(c3ccccc3)c3ccccc3)c3ccccc13)C(c1ccccc1)Oc1ccccc1-2. The molecule has 0 radical (unpaired) electrons. The van der Waals surface area contributed by atoms with Crippen LogP contribution in [0, 0.1) is 0 Å². The third-order valence-corrected chi connectivity index (χ3v) is 11.5. The van der Waals surface area contributed by atoms with E-state index in [2.05, 4.69) is 87.5 Å². The van der Waals surface area contributed by atoms with Gasteiger partial charge < -0.3 is 9.30 Å². The highest BCUT2D eigenvalue weighted by atomic mass is 31.2. The normalized spacial score (nSPS) is 14.6. The Morgan fingerprint density at radius 2 is 1.10 bits per heavy atom. The van der Waals surface area contributed by atoms with Gasteiger partial charge in [0.05, 0.1) is 0 Å². The van der Waals surface area contributed by atoms with Crippen LogP contribution >= 0.6 is 7.14 Å². The van der Waals surface area contributed by atoms with Crippen LogP contribution in [0.3, 0.4) is 0 Å². The largest absolute Gasteiger partial charge is 0.480 e. The molecule has 6 aromatic carbocycles. The van der Waals surface area contributed by atoms with Crippen LogP contribution in [0.15, 0.2) is 140 Å². The predicted molar refractivity (Wildman–Crippen MR) is 176 cm³/mol. The minimum atomic E-state index is -3.40. The van der Waals surface area contributed by atoms with Crippen molar-refractivity contribution in [2.24, 2.45) is 0 Å². The predicted octanol–water partition coefficient (Wildman–Crippen LogP) is 8.93. The molecule has 1 unspecified atom stereocenters. The van der Waals surface area contributed by atoms with E-state index in [1.807, 2.05) is 72.8 Å². The molecule has 0 saturated carbocycles. The highest BCUT2D eigenvalue weighted by Gasteiger charge is 2.42. The first-order valence-electron chi connectivity index (χ1n) is 14.5. The van der Waals surface area contributed by atoms with Gasteiger partial charge in [0, 0.05) is 27.0 Å². The van der Waals surface area contributed by atoms with Gasteiger partial charge in [0.25, 0.3) is 0 Å². The van der Waals surface area contributed by atoms with Crippen LogP contribution in [0.1, 0.15) is 43.6 Å². The van der Waals surface area contributed by atoms with Crippen molar-refractivity contribution in [3.05, 3.63) is 156 Å². The third kappa shape index (κ3) is 4.13. The Hall–Kier alpha value is -4.39. The number of hydrogen-bond donors (Lipinski definition) is 0. The zero-order valence-corrected chi connectivity index (χ0v) is 25.0. The van der Waals surface area contributed by atoms with Crippen molar-refractivity contribution in [2.45, 2.75) is 32.3 Å². The summed E-state index contributed by atoms with van der Waals surface area (Å²) in [7, 11) is -3.40. The fourth-order valence-corrected chi connectivity index (χ4v) is 9.70. The molecule has 3 heteroatoms. The molecule has 0 saturated heterocycles. The van der Waals surface area contributed by atoms with Gasteiger partial charge in [-0.2, -0.15) is 0 Å². The van der Waals surface area contributed by atoms with Gasteiger partial charge in [-0.05, 0) is 38.9 Å². The molecule has 206 valence electrons. The molecule has 6 aromatic rings. The molecule has 0 aromatic heterocycles. The summed E-state index contributed by atoms with van der Waals surface area (Å²) in [5, 5.41) is 4.65. The average molecular weight is 565 g/mol. The summed E-state index contributed by atoms with van der Waals surface area (Å²) in [5.41, 5.74) is 5.28. The molecule has 0 amide bonds. The lowest BCUT2D eigenvalue weighted by Gasteiger charge is -2.38. The molecule has 1 heterocycles. The maximum atomic E-state index is 16.3. The summed E-state index contributed by atoms with van der Waals surface area (Å²) >= 11 is 0. The fourth-order valence-electron chi connectivity index (χ4n) is 6.60. The Balaban J connectivity index is 1.76. The number of benzene rings is 6. The second-order valence-electron chi connectivity index (χ2n) is 12.0. The summed E-state index contributed by atoms with van der Waals surface area (Å²) in [6.07, 6.45) is -0.433. The monoisotopic (exact) mass is 564 g/mol. The average Bonchev–Trinajstić information content (AvgIpc) is 3.03. The summed E-state index contributed by atoms with van der Waals surface area (Å²) < 4.78 is 23.2. The molecular formula is C39H33O2P. The van der Waals surface area contributed by atoms with Crippen LogP contribution in [0.2, 0.25) is 0 Å². The lowest BCUT2D eigenvalue weighted by molar-refractivity contribution is 0.244. The minimum Gasteiger partial charge on any atom is -0.480 e. The second-order valence-corrected chi connectivity index (χ2v) is 14.7. The first-order chi connectivity index (χ1) is 20.4. The molecule has 0 aliphatic carbocycles. The van der Waals surface area contributed by atoms with Crippen molar-refractivity contribution < 1.29 is 9.30 Å². The zero-order chi connectivity index (χ0) is 28.9. The number of hydrogen-bond acceptors (Lipinski definition) is 2. The second kappa shape index (κ2) is 10.2. The maximum absolute atomic E-state index is 16.3. The summed E-state index contributed by atoms with van der Waals surface area (Å²) in [4.78, 5) is 0. The Morgan fingerprint density at radius 1 is 0.595 bits per heavy atom. The van der Waals surface area contributed by atoms with Crippen LogP contribution in [0.25, 0.3) is 21.9 Å². The first kappa shape index (κ1) is 26.5. The number of rotatable bonds is 4. The van der Waals surface area contributed by atoms with E-state index >= 15 is 4.57 Å². The molecule has 0 N–H and O–H groups in total. The van der Waals surface area contributed by atoms with E-state index in [1.54, 1.807) is 0 Å². The van der Waals surface area contributed by atoms with Crippen molar-refractivity contribution in [2.75, 3.05) is 0 Å². The van der Waals surface area contributed by atoms with Gasteiger partial charge in [-0.3, -0.25) is 0 Å². The standard InChI is InChI=1S/C39H33O2P/c1-39(2,3)36-30-23-13-14-24-31(30)38(42(40,28-19-9-5-10-20-28)29-21-11-6-12-22-29)35-34(36)32-25-15-16-26-33(32)41-37(35)27-17-7-4-8-18-27/h4-26,37H,1-3H3. The molecule has 0 bridgehead atoms. The molecule has 1 aliphatic rings.